The number of nitrogens with zero attached hydrogens (tertiary/aromatic N) is 1. The Kier molecular flexibility index (Phi) is 1.83. The molecule has 80 valence electrons. The van der Waals surface area contributed by atoms with Crippen molar-refractivity contribution in [2.24, 2.45) is 5.73 Å². The summed E-state index contributed by atoms with van der Waals surface area (Å²) in [5, 5.41) is 0. The number of nitrogens with two attached hydrogens (primary N) is 1. The van der Waals surface area contributed by atoms with Crippen molar-refractivity contribution in [1.82, 2.24) is 4.90 Å². The predicted molar refractivity (Wildman–Crippen MR) is 52.9 cm³/mol. The SMILES string of the molecule is CC(C)(C)OC(=O)N1CC[C@]12C[C@H]2N. The topological polar surface area (TPSA) is 55.6 Å². The number of hydrogen-bond donors (Lipinski definition) is 1. The van der Waals surface area contributed by atoms with Crippen LogP contribution in [-0.2, 0) is 4.74 Å². The van der Waals surface area contributed by atoms with Crippen molar-refractivity contribution in [2.75, 3.05) is 6.54 Å². The minimum absolute atomic E-state index is 0.0255. The van der Waals surface area contributed by atoms with Crippen LogP contribution < -0.4 is 5.73 Å². The molecule has 2 fully saturated rings. The number of amides is 1. The van der Waals surface area contributed by atoms with E-state index >= 15 is 0 Å². The van der Waals surface area contributed by atoms with Gasteiger partial charge in [0.15, 0.2) is 0 Å². The third-order valence-electron chi connectivity index (χ3n) is 3.02. The van der Waals surface area contributed by atoms with Crippen LogP contribution in [0.2, 0.25) is 0 Å². The lowest BCUT2D eigenvalue weighted by atomic mass is 10.0. The fourth-order valence-corrected chi connectivity index (χ4v) is 2.02. The molecule has 2 atom stereocenters. The molecule has 2 N–H and O–H groups in total. The van der Waals surface area contributed by atoms with E-state index in [0.29, 0.717) is 0 Å². The molecule has 0 aromatic carbocycles. The lowest BCUT2D eigenvalue weighted by Gasteiger charge is -2.42. The zero-order valence-electron chi connectivity index (χ0n) is 9.04. The molecular weight excluding hydrogens is 180 g/mol. The van der Waals surface area contributed by atoms with Crippen LogP contribution >= 0.6 is 0 Å². The van der Waals surface area contributed by atoms with Gasteiger partial charge in [0.1, 0.15) is 5.60 Å². The van der Waals surface area contributed by atoms with E-state index in [1.165, 1.54) is 0 Å². The minimum Gasteiger partial charge on any atom is -0.444 e. The van der Waals surface area contributed by atoms with Gasteiger partial charge in [-0.25, -0.2) is 4.79 Å². The van der Waals surface area contributed by atoms with Crippen LogP contribution in [0.1, 0.15) is 33.6 Å². The molecule has 4 heteroatoms. The van der Waals surface area contributed by atoms with E-state index in [0.717, 1.165) is 19.4 Å². The molecule has 4 nitrogen and oxygen atoms in total. The van der Waals surface area contributed by atoms with Crippen molar-refractivity contribution in [1.29, 1.82) is 0 Å². The lowest BCUT2D eigenvalue weighted by Crippen LogP contribution is -2.57. The van der Waals surface area contributed by atoms with Gasteiger partial charge in [0.25, 0.3) is 0 Å². The van der Waals surface area contributed by atoms with E-state index in [1.807, 2.05) is 20.8 Å². The quantitative estimate of drug-likeness (QED) is 0.634. The first kappa shape index (κ1) is 9.77. The molecule has 0 aromatic rings. The van der Waals surface area contributed by atoms with Crippen molar-refractivity contribution in [3.05, 3.63) is 0 Å². The van der Waals surface area contributed by atoms with E-state index in [2.05, 4.69) is 0 Å². The fourth-order valence-electron chi connectivity index (χ4n) is 2.02. The highest BCUT2D eigenvalue weighted by Crippen LogP contribution is 2.50. The molecule has 1 aliphatic carbocycles. The third-order valence-corrected chi connectivity index (χ3v) is 3.02. The highest BCUT2D eigenvalue weighted by atomic mass is 16.6. The Morgan fingerprint density at radius 3 is 2.43 bits per heavy atom. The van der Waals surface area contributed by atoms with Gasteiger partial charge in [0.2, 0.25) is 0 Å². The third kappa shape index (κ3) is 1.38. The maximum absolute atomic E-state index is 11.7. The second kappa shape index (κ2) is 2.63. The minimum atomic E-state index is -0.410. The summed E-state index contributed by atoms with van der Waals surface area (Å²) in [5.74, 6) is 0. The second-order valence-corrected chi connectivity index (χ2v) is 5.30. The summed E-state index contributed by atoms with van der Waals surface area (Å²) in [5.41, 5.74) is 5.37. The lowest BCUT2D eigenvalue weighted by molar-refractivity contribution is -0.0130. The maximum atomic E-state index is 11.7. The molecular formula is C10H18N2O2. The predicted octanol–water partition coefficient (Wildman–Crippen LogP) is 1.10. The summed E-state index contributed by atoms with van der Waals surface area (Å²) in [6.07, 6.45) is 1.76. The van der Waals surface area contributed by atoms with Gasteiger partial charge in [-0.3, -0.25) is 0 Å². The second-order valence-electron chi connectivity index (χ2n) is 5.30. The van der Waals surface area contributed by atoms with E-state index in [9.17, 15) is 4.79 Å². The summed E-state index contributed by atoms with van der Waals surface area (Å²) in [7, 11) is 0. The van der Waals surface area contributed by atoms with Gasteiger partial charge in [0.05, 0.1) is 5.54 Å². The van der Waals surface area contributed by atoms with Crippen LogP contribution in [0.15, 0.2) is 0 Å². The van der Waals surface area contributed by atoms with Gasteiger partial charge >= 0.3 is 6.09 Å². The van der Waals surface area contributed by atoms with Gasteiger partial charge < -0.3 is 15.4 Å². The number of carbonyl (C=O) groups is 1. The molecule has 2 aliphatic rings. The summed E-state index contributed by atoms with van der Waals surface area (Å²) in [4.78, 5) is 13.5. The Morgan fingerprint density at radius 1 is 1.57 bits per heavy atom. The Hall–Kier alpha value is -0.770. The van der Waals surface area contributed by atoms with Crippen molar-refractivity contribution in [3.8, 4) is 0 Å². The van der Waals surface area contributed by atoms with Crippen molar-refractivity contribution < 1.29 is 9.53 Å². The van der Waals surface area contributed by atoms with Gasteiger partial charge in [-0.1, -0.05) is 0 Å². The van der Waals surface area contributed by atoms with Gasteiger partial charge in [-0.15, -0.1) is 0 Å². The zero-order valence-corrected chi connectivity index (χ0v) is 9.04. The number of likely N-dealkylation sites (tertiary alicyclic amines) is 1. The van der Waals surface area contributed by atoms with Crippen LogP contribution in [0.3, 0.4) is 0 Å². The smallest absolute Gasteiger partial charge is 0.410 e. The normalized spacial score (nSPS) is 35.4. The molecule has 0 unspecified atom stereocenters. The average Bonchev–Trinajstić information content (AvgIpc) is 2.57. The highest BCUT2D eigenvalue weighted by molar-refractivity contribution is 5.71. The number of carbonyl (C=O) groups excluding carboxylic acids is 1. The molecule has 0 aromatic heterocycles. The van der Waals surface area contributed by atoms with E-state index in [1.54, 1.807) is 4.90 Å². The molecule has 1 spiro atoms. The summed E-state index contributed by atoms with van der Waals surface area (Å²) >= 11 is 0. The number of hydrogen-bond acceptors (Lipinski definition) is 3. The fraction of sp³-hybridized carbons (Fsp3) is 0.900. The van der Waals surface area contributed by atoms with Gasteiger partial charge in [-0.2, -0.15) is 0 Å². The van der Waals surface area contributed by atoms with Crippen LogP contribution in [0.5, 0.6) is 0 Å². The first-order valence-corrected chi connectivity index (χ1v) is 5.11. The Balaban J connectivity index is 1.94. The molecule has 14 heavy (non-hydrogen) atoms. The first-order chi connectivity index (χ1) is 6.35. The number of ether oxygens (including phenoxy) is 1. The molecule has 0 radical (unpaired) electrons. The molecule has 1 saturated carbocycles. The average molecular weight is 198 g/mol. The molecule has 0 bridgehead atoms. The van der Waals surface area contributed by atoms with Crippen molar-refractivity contribution in [2.45, 2.75) is 50.8 Å². The molecule has 1 aliphatic heterocycles. The van der Waals surface area contributed by atoms with E-state index < -0.39 is 5.60 Å². The molecule has 1 amide bonds. The van der Waals surface area contributed by atoms with Crippen LogP contribution in [0.25, 0.3) is 0 Å². The Labute approximate surface area is 84.4 Å². The van der Waals surface area contributed by atoms with Crippen molar-refractivity contribution >= 4 is 6.09 Å². The van der Waals surface area contributed by atoms with E-state index in [-0.39, 0.29) is 17.7 Å². The van der Waals surface area contributed by atoms with Crippen LogP contribution in [-0.4, -0.2) is 34.7 Å². The standard InChI is InChI=1S/C10H18N2O2/c1-9(2,3)14-8(13)12-5-4-10(12)6-7(10)11/h7H,4-6,11H2,1-3H3/t7-,10-/m1/s1. The summed E-state index contributed by atoms with van der Waals surface area (Å²) in [6.45, 7) is 6.43. The summed E-state index contributed by atoms with van der Waals surface area (Å²) in [6, 6.07) is 0.170. The number of rotatable bonds is 0. The molecule has 1 heterocycles. The van der Waals surface area contributed by atoms with Gasteiger partial charge in [-0.05, 0) is 33.6 Å². The summed E-state index contributed by atoms with van der Waals surface area (Å²) < 4.78 is 5.30. The molecule has 1 saturated heterocycles. The zero-order chi connectivity index (χ0) is 10.6. The van der Waals surface area contributed by atoms with Crippen molar-refractivity contribution in [3.63, 3.8) is 0 Å². The van der Waals surface area contributed by atoms with Gasteiger partial charge in [0, 0.05) is 12.6 Å². The Morgan fingerprint density at radius 2 is 2.14 bits per heavy atom. The monoisotopic (exact) mass is 198 g/mol. The highest BCUT2D eigenvalue weighted by Gasteiger charge is 2.64. The molecule has 2 rings (SSSR count). The maximum Gasteiger partial charge on any atom is 0.410 e. The van der Waals surface area contributed by atoms with E-state index in [4.69, 9.17) is 10.5 Å². The van der Waals surface area contributed by atoms with Crippen LogP contribution in [0, 0.1) is 0 Å². The Bertz CT molecular complexity index is 268. The van der Waals surface area contributed by atoms with Crippen LogP contribution in [0.4, 0.5) is 4.79 Å². The first-order valence-electron chi connectivity index (χ1n) is 5.11. The largest absolute Gasteiger partial charge is 0.444 e.